The summed E-state index contributed by atoms with van der Waals surface area (Å²) in [5.74, 6) is -0.719. The first kappa shape index (κ1) is 12.0. The van der Waals surface area contributed by atoms with Crippen LogP contribution < -0.4 is 5.32 Å². The normalized spacial score (nSPS) is 11.0. The van der Waals surface area contributed by atoms with E-state index < -0.39 is 5.91 Å². The summed E-state index contributed by atoms with van der Waals surface area (Å²) in [7, 11) is 0. The second-order valence-electron chi connectivity index (χ2n) is 3.47. The van der Waals surface area contributed by atoms with E-state index in [0.29, 0.717) is 11.4 Å². The summed E-state index contributed by atoms with van der Waals surface area (Å²) in [6, 6.07) is 3.57. The summed E-state index contributed by atoms with van der Waals surface area (Å²) in [6.45, 7) is 6.57. The number of hydrogen-bond donors (Lipinski definition) is 2. The molecule has 0 bridgehead atoms. The minimum atomic E-state index is -0.436. The van der Waals surface area contributed by atoms with Gasteiger partial charge in [0.15, 0.2) is 5.78 Å². The van der Waals surface area contributed by atoms with Crippen LogP contribution in [0.4, 0.5) is 0 Å². The number of nitrogens with one attached hydrogen (secondary N) is 2. The number of Topliss-reactive ketones (excluding diaryl/α,β-unsaturated/α-hetero) is 1. The monoisotopic (exact) mass is 218 g/mol. The summed E-state index contributed by atoms with van der Waals surface area (Å²) in [4.78, 5) is 25.9. The standard InChI is InChI=1S/C12H14N2O2/c1-8(2)14-12(16)11(9(3)15)7-10-5-4-6-13-10/h4-7,13H,1H2,2-3H3,(H,14,16)/b11-7-. The number of allylic oxidation sites excluding steroid dienone is 1. The molecule has 0 aliphatic carbocycles. The summed E-state index contributed by atoms with van der Waals surface area (Å²) in [6.07, 6.45) is 3.24. The van der Waals surface area contributed by atoms with Crippen molar-refractivity contribution in [2.45, 2.75) is 13.8 Å². The molecule has 2 N–H and O–H groups in total. The number of hydrogen-bond acceptors (Lipinski definition) is 2. The molecule has 1 heterocycles. The predicted octanol–water partition coefficient (Wildman–Crippen LogP) is 1.64. The van der Waals surface area contributed by atoms with E-state index in [9.17, 15) is 9.59 Å². The number of rotatable bonds is 4. The van der Waals surface area contributed by atoms with Crippen molar-refractivity contribution in [2.24, 2.45) is 0 Å². The van der Waals surface area contributed by atoms with Crippen LogP contribution in [0, 0.1) is 0 Å². The van der Waals surface area contributed by atoms with Gasteiger partial charge < -0.3 is 10.3 Å². The van der Waals surface area contributed by atoms with Crippen molar-refractivity contribution in [3.8, 4) is 0 Å². The van der Waals surface area contributed by atoms with Gasteiger partial charge in [0.25, 0.3) is 5.91 Å². The smallest absolute Gasteiger partial charge is 0.259 e. The van der Waals surface area contributed by atoms with Gasteiger partial charge in [-0.25, -0.2) is 0 Å². The van der Waals surface area contributed by atoms with Gasteiger partial charge in [-0.2, -0.15) is 0 Å². The third-order valence-corrected chi connectivity index (χ3v) is 1.87. The number of H-pyrrole nitrogens is 1. The lowest BCUT2D eigenvalue weighted by atomic mass is 10.1. The van der Waals surface area contributed by atoms with Crippen LogP contribution in [0.2, 0.25) is 0 Å². The number of ketones is 1. The van der Waals surface area contributed by atoms with Gasteiger partial charge in [-0.1, -0.05) is 6.58 Å². The fourth-order valence-electron chi connectivity index (χ4n) is 1.18. The van der Waals surface area contributed by atoms with Gasteiger partial charge in [0, 0.05) is 17.6 Å². The maximum atomic E-state index is 11.6. The Bertz CT molecular complexity index is 442. The van der Waals surface area contributed by atoms with Crippen LogP contribution in [-0.2, 0) is 9.59 Å². The van der Waals surface area contributed by atoms with Crippen molar-refractivity contribution in [1.29, 1.82) is 0 Å². The van der Waals surface area contributed by atoms with Crippen LogP contribution in [0.3, 0.4) is 0 Å². The third-order valence-electron chi connectivity index (χ3n) is 1.87. The zero-order valence-electron chi connectivity index (χ0n) is 9.33. The first-order valence-corrected chi connectivity index (χ1v) is 4.83. The number of carbonyl (C=O) groups is 2. The van der Waals surface area contributed by atoms with Crippen molar-refractivity contribution < 1.29 is 9.59 Å². The minimum absolute atomic E-state index is 0.102. The molecule has 4 heteroatoms. The molecule has 0 saturated heterocycles. The Hall–Kier alpha value is -2.10. The number of aromatic nitrogens is 1. The van der Waals surface area contributed by atoms with Crippen molar-refractivity contribution >= 4 is 17.8 Å². The van der Waals surface area contributed by atoms with Crippen molar-refractivity contribution in [3.05, 3.63) is 41.9 Å². The Morgan fingerprint density at radius 1 is 1.44 bits per heavy atom. The van der Waals surface area contributed by atoms with E-state index in [-0.39, 0.29) is 11.4 Å². The summed E-state index contributed by atoms with van der Waals surface area (Å²) in [5.41, 5.74) is 1.32. The average molecular weight is 218 g/mol. The molecule has 1 amide bonds. The molecule has 0 fully saturated rings. The number of aromatic amines is 1. The predicted molar refractivity (Wildman–Crippen MR) is 62.4 cm³/mol. The summed E-state index contributed by atoms with van der Waals surface area (Å²) < 4.78 is 0. The second-order valence-corrected chi connectivity index (χ2v) is 3.47. The van der Waals surface area contributed by atoms with Crippen molar-refractivity contribution in [1.82, 2.24) is 10.3 Å². The molecule has 0 aliphatic heterocycles. The van der Waals surface area contributed by atoms with Crippen molar-refractivity contribution in [2.75, 3.05) is 0 Å². The third kappa shape index (κ3) is 3.24. The van der Waals surface area contributed by atoms with Crippen molar-refractivity contribution in [3.63, 3.8) is 0 Å². The molecule has 16 heavy (non-hydrogen) atoms. The Morgan fingerprint density at radius 2 is 2.12 bits per heavy atom. The van der Waals surface area contributed by atoms with Crippen LogP contribution in [0.25, 0.3) is 6.08 Å². The molecular formula is C12H14N2O2. The second kappa shape index (κ2) is 5.11. The van der Waals surface area contributed by atoms with E-state index in [1.165, 1.54) is 13.0 Å². The van der Waals surface area contributed by atoms with Gasteiger partial charge in [0.1, 0.15) is 0 Å². The molecular weight excluding hydrogens is 204 g/mol. The summed E-state index contributed by atoms with van der Waals surface area (Å²) >= 11 is 0. The topological polar surface area (TPSA) is 62.0 Å². The van der Waals surface area contributed by atoms with E-state index in [1.807, 2.05) is 0 Å². The van der Waals surface area contributed by atoms with E-state index in [1.54, 1.807) is 25.3 Å². The molecule has 84 valence electrons. The van der Waals surface area contributed by atoms with E-state index in [4.69, 9.17) is 0 Å². The molecule has 0 spiro atoms. The fraction of sp³-hybridized carbons (Fsp3) is 0.167. The van der Waals surface area contributed by atoms with Gasteiger partial charge in [-0.3, -0.25) is 9.59 Å². The van der Waals surface area contributed by atoms with Gasteiger partial charge in [0.05, 0.1) is 5.57 Å². The van der Waals surface area contributed by atoms with Crippen LogP contribution >= 0.6 is 0 Å². The number of carbonyl (C=O) groups excluding carboxylic acids is 2. The molecule has 0 aromatic carbocycles. The van der Waals surface area contributed by atoms with Crippen LogP contribution in [0.15, 0.2) is 36.2 Å². The zero-order valence-corrected chi connectivity index (χ0v) is 9.33. The highest BCUT2D eigenvalue weighted by atomic mass is 16.2. The lowest BCUT2D eigenvalue weighted by Gasteiger charge is -2.04. The molecule has 1 aromatic heterocycles. The van der Waals surface area contributed by atoms with E-state index in [0.717, 1.165) is 0 Å². The fourth-order valence-corrected chi connectivity index (χ4v) is 1.18. The lowest BCUT2D eigenvalue weighted by molar-refractivity contribution is -0.121. The minimum Gasteiger partial charge on any atom is -0.362 e. The molecule has 0 unspecified atom stereocenters. The molecule has 1 aromatic rings. The average Bonchev–Trinajstić information content (AvgIpc) is 2.64. The van der Waals surface area contributed by atoms with E-state index >= 15 is 0 Å². The first-order chi connectivity index (χ1) is 7.50. The molecule has 4 nitrogen and oxygen atoms in total. The van der Waals surface area contributed by atoms with Crippen LogP contribution in [0.5, 0.6) is 0 Å². The Balaban J connectivity index is 2.96. The van der Waals surface area contributed by atoms with Crippen LogP contribution in [0.1, 0.15) is 19.5 Å². The van der Waals surface area contributed by atoms with Gasteiger partial charge in [-0.05, 0) is 32.1 Å². The van der Waals surface area contributed by atoms with Crippen LogP contribution in [-0.4, -0.2) is 16.7 Å². The highest BCUT2D eigenvalue weighted by Gasteiger charge is 2.14. The number of amides is 1. The van der Waals surface area contributed by atoms with E-state index in [2.05, 4.69) is 16.9 Å². The largest absolute Gasteiger partial charge is 0.362 e. The maximum Gasteiger partial charge on any atom is 0.259 e. The molecule has 0 aliphatic rings. The Labute approximate surface area is 94.1 Å². The quantitative estimate of drug-likeness (QED) is 0.458. The summed E-state index contributed by atoms with van der Waals surface area (Å²) in [5, 5.41) is 2.50. The lowest BCUT2D eigenvalue weighted by Crippen LogP contribution is -2.25. The first-order valence-electron chi connectivity index (χ1n) is 4.83. The Kier molecular flexibility index (Phi) is 3.83. The SMILES string of the molecule is C=C(C)NC(=O)/C(=C\c1ccc[nH]1)C(C)=O. The van der Waals surface area contributed by atoms with Gasteiger partial charge >= 0.3 is 0 Å². The molecule has 0 radical (unpaired) electrons. The zero-order chi connectivity index (χ0) is 12.1. The van der Waals surface area contributed by atoms with Gasteiger partial charge in [-0.15, -0.1) is 0 Å². The molecule has 1 rings (SSSR count). The molecule has 0 atom stereocenters. The van der Waals surface area contributed by atoms with Gasteiger partial charge in [0.2, 0.25) is 0 Å². The molecule has 0 saturated carbocycles. The highest BCUT2D eigenvalue weighted by molar-refractivity contribution is 6.21. The Morgan fingerprint density at radius 3 is 2.56 bits per heavy atom. The maximum absolute atomic E-state index is 11.6. The highest BCUT2D eigenvalue weighted by Crippen LogP contribution is 2.06.